The Morgan fingerprint density at radius 1 is 0.679 bits per heavy atom. The lowest BCUT2D eigenvalue weighted by Crippen LogP contribution is -2.05. The van der Waals surface area contributed by atoms with Crippen molar-refractivity contribution in [1.29, 1.82) is 0 Å². The standard InChI is InChI=1S/C25H44O3/c1-4-7-10-12-14-17-21-20-23(26)24(27)25(28-19-16-9-6-3)22(21)18-15-13-11-8-5-2/h20,26-27H,4-19H2,1-3H3. The Hall–Kier alpha value is -1.38. The van der Waals surface area contributed by atoms with Crippen LogP contribution < -0.4 is 4.74 Å². The molecule has 0 amide bonds. The fourth-order valence-corrected chi connectivity index (χ4v) is 3.73. The van der Waals surface area contributed by atoms with Crippen molar-refractivity contribution in [3.05, 3.63) is 17.2 Å². The van der Waals surface area contributed by atoms with E-state index >= 15 is 0 Å². The van der Waals surface area contributed by atoms with Gasteiger partial charge in [0.05, 0.1) is 6.61 Å². The molecule has 0 spiro atoms. The summed E-state index contributed by atoms with van der Waals surface area (Å²) in [7, 11) is 0. The summed E-state index contributed by atoms with van der Waals surface area (Å²) in [6, 6.07) is 1.77. The van der Waals surface area contributed by atoms with Crippen molar-refractivity contribution >= 4 is 0 Å². The first-order valence-corrected chi connectivity index (χ1v) is 11.8. The minimum absolute atomic E-state index is 0.0382. The minimum atomic E-state index is -0.0743. The van der Waals surface area contributed by atoms with Gasteiger partial charge in [-0.05, 0) is 43.7 Å². The third-order valence-corrected chi connectivity index (χ3v) is 5.50. The Morgan fingerprint density at radius 3 is 1.82 bits per heavy atom. The Bertz CT molecular complexity index is 525. The van der Waals surface area contributed by atoms with E-state index in [1.165, 1.54) is 51.4 Å². The molecule has 0 fully saturated rings. The average Bonchev–Trinajstić information content (AvgIpc) is 2.69. The van der Waals surface area contributed by atoms with E-state index in [2.05, 4.69) is 20.8 Å². The highest BCUT2D eigenvalue weighted by atomic mass is 16.5. The summed E-state index contributed by atoms with van der Waals surface area (Å²) in [5, 5.41) is 20.7. The second kappa shape index (κ2) is 15.5. The third-order valence-electron chi connectivity index (χ3n) is 5.50. The molecule has 0 saturated carbocycles. The second-order valence-electron chi connectivity index (χ2n) is 8.10. The van der Waals surface area contributed by atoms with Crippen molar-refractivity contribution in [2.45, 2.75) is 117 Å². The smallest absolute Gasteiger partial charge is 0.200 e. The zero-order valence-electron chi connectivity index (χ0n) is 18.7. The lowest BCUT2D eigenvalue weighted by molar-refractivity contribution is 0.280. The van der Waals surface area contributed by atoms with Crippen molar-refractivity contribution < 1.29 is 14.9 Å². The molecule has 28 heavy (non-hydrogen) atoms. The van der Waals surface area contributed by atoms with E-state index in [0.29, 0.717) is 12.4 Å². The Balaban J connectivity index is 2.87. The molecule has 0 atom stereocenters. The van der Waals surface area contributed by atoms with Crippen molar-refractivity contribution in [2.24, 2.45) is 0 Å². The van der Waals surface area contributed by atoms with Gasteiger partial charge < -0.3 is 14.9 Å². The van der Waals surface area contributed by atoms with Crippen LogP contribution in [0.2, 0.25) is 0 Å². The van der Waals surface area contributed by atoms with Gasteiger partial charge in [-0.3, -0.25) is 0 Å². The van der Waals surface area contributed by atoms with Crippen LogP contribution >= 0.6 is 0 Å². The number of hydrogen-bond acceptors (Lipinski definition) is 3. The predicted molar refractivity (Wildman–Crippen MR) is 120 cm³/mol. The highest BCUT2D eigenvalue weighted by Gasteiger charge is 2.18. The van der Waals surface area contributed by atoms with Crippen LogP contribution in [-0.4, -0.2) is 16.8 Å². The molecular weight excluding hydrogens is 348 g/mol. The zero-order chi connectivity index (χ0) is 20.6. The molecule has 0 aliphatic rings. The monoisotopic (exact) mass is 392 g/mol. The molecule has 0 aromatic heterocycles. The quantitative estimate of drug-likeness (QED) is 0.211. The fourth-order valence-electron chi connectivity index (χ4n) is 3.73. The van der Waals surface area contributed by atoms with E-state index < -0.39 is 0 Å². The number of phenols is 2. The topological polar surface area (TPSA) is 49.7 Å². The van der Waals surface area contributed by atoms with E-state index in [1.54, 1.807) is 6.07 Å². The SMILES string of the molecule is CCCCCCCc1cc(O)c(O)c(OCCCCC)c1CCCCCCC. The number of aryl methyl sites for hydroxylation is 1. The van der Waals surface area contributed by atoms with Gasteiger partial charge in [0, 0.05) is 5.56 Å². The summed E-state index contributed by atoms with van der Waals surface area (Å²) in [6.45, 7) is 7.24. The van der Waals surface area contributed by atoms with Crippen LogP contribution in [0, 0.1) is 0 Å². The maximum Gasteiger partial charge on any atom is 0.200 e. The number of benzene rings is 1. The van der Waals surface area contributed by atoms with Gasteiger partial charge in [-0.25, -0.2) is 0 Å². The summed E-state index contributed by atoms with van der Waals surface area (Å²) < 4.78 is 6.00. The van der Waals surface area contributed by atoms with Crippen molar-refractivity contribution in [1.82, 2.24) is 0 Å². The van der Waals surface area contributed by atoms with Crippen molar-refractivity contribution in [3.63, 3.8) is 0 Å². The van der Waals surface area contributed by atoms with Gasteiger partial charge in [-0.15, -0.1) is 0 Å². The molecule has 162 valence electrons. The number of unbranched alkanes of at least 4 members (excludes halogenated alkanes) is 10. The first-order valence-electron chi connectivity index (χ1n) is 11.8. The highest BCUT2D eigenvalue weighted by molar-refractivity contribution is 5.58. The zero-order valence-corrected chi connectivity index (χ0v) is 18.7. The van der Waals surface area contributed by atoms with Crippen molar-refractivity contribution in [3.8, 4) is 17.2 Å². The highest BCUT2D eigenvalue weighted by Crippen LogP contribution is 2.42. The number of phenolic OH excluding ortho intramolecular Hbond substituents is 2. The van der Waals surface area contributed by atoms with Crippen LogP contribution in [0.5, 0.6) is 17.2 Å². The van der Waals surface area contributed by atoms with Crippen LogP contribution in [0.25, 0.3) is 0 Å². The average molecular weight is 393 g/mol. The van der Waals surface area contributed by atoms with Gasteiger partial charge >= 0.3 is 0 Å². The maximum atomic E-state index is 10.5. The maximum absolute atomic E-state index is 10.5. The molecular formula is C25H44O3. The molecule has 1 aromatic rings. The molecule has 0 saturated heterocycles. The Morgan fingerprint density at radius 2 is 1.21 bits per heavy atom. The van der Waals surface area contributed by atoms with Gasteiger partial charge in [0.25, 0.3) is 0 Å². The molecule has 1 aromatic carbocycles. The normalized spacial score (nSPS) is 11.1. The molecule has 0 radical (unpaired) electrons. The first kappa shape index (κ1) is 24.7. The first-order chi connectivity index (χ1) is 13.7. The third kappa shape index (κ3) is 9.21. The molecule has 2 N–H and O–H groups in total. The Kier molecular flexibility index (Phi) is 13.7. The lowest BCUT2D eigenvalue weighted by atomic mass is 9.94. The van der Waals surface area contributed by atoms with Crippen LogP contribution in [-0.2, 0) is 12.8 Å². The molecule has 0 unspecified atom stereocenters. The number of rotatable bonds is 17. The van der Waals surface area contributed by atoms with Gasteiger partial charge in [0.2, 0.25) is 5.75 Å². The number of aromatic hydroxyl groups is 2. The largest absolute Gasteiger partial charge is 0.504 e. The second-order valence-corrected chi connectivity index (χ2v) is 8.10. The summed E-state index contributed by atoms with van der Waals surface area (Å²) >= 11 is 0. The molecule has 0 bridgehead atoms. The van der Waals surface area contributed by atoms with Crippen LogP contribution in [0.1, 0.15) is 115 Å². The van der Waals surface area contributed by atoms with Crippen LogP contribution in [0.4, 0.5) is 0 Å². The summed E-state index contributed by atoms with van der Waals surface area (Å²) in [6.07, 6.45) is 17.4. The van der Waals surface area contributed by atoms with Gasteiger partial charge in [-0.2, -0.15) is 0 Å². The Labute approximate surface area is 173 Å². The van der Waals surface area contributed by atoms with E-state index in [-0.39, 0.29) is 11.5 Å². The van der Waals surface area contributed by atoms with Crippen molar-refractivity contribution in [2.75, 3.05) is 6.61 Å². The lowest BCUT2D eigenvalue weighted by Gasteiger charge is -2.18. The van der Waals surface area contributed by atoms with Gasteiger partial charge in [-0.1, -0.05) is 85.0 Å². The van der Waals surface area contributed by atoms with E-state index in [9.17, 15) is 10.2 Å². The minimum Gasteiger partial charge on any atom is -0.504 e. The molecule has 3 heteroatoms. The molecule has 0 aliphatic carbocycles. The predicted octanol–water partition coefficient (Wildman–Crippen LogP) is 7.69. The van der Waals surface area contributed by atoms with Gasteiger partial charge in [0.1, 0.15) is 0 Å². The molecule has 3 nitrogen and oxygen atoms in total. The van der Waals surface area contributed by atoms with E-state index in [0.717, 1.165) is 56.1 Å². The summed E-state index contributed by atoms with van der Waals surface area (Å²) in [5.74, 6) is 0.425. The summed E-state index contributed by atoms with van der Waals surface area (Å²) in [5.41, 5.74) is 2.28. The van der Waals surface area contributed by atoms with Gasteiger partial charge in [0.15, 0.2) is 11.5 Å². The fraction of sp³-hybridized carbons (Fsp3) is 0.760. The van der Waals surface area contributed by atoms with E-state index in [4.69, 9.17) is 4.74 Å². The number of hydrogen-bond donors (Lipinski definition) is 2. The molecule has 0 aliphatic heterocycles. The van der Waals surface area contributed by atoms with Crippen LogP contribution in [0.3, 0.4) is 0 Å². The van der Waals surface area contributed by atoms with E-state index in [1.807, 2.05) is 0 Å². The molecule has 0 heterocycles. The van der Waals surface area contributed by atoms with Crippen LogP contribution in [0.15, 0.2) is 6.07 Å². The number of ether oxygens (including phenoxy) is 1. The molecule has 1 rings (SSSR count). The summed E-state index contributed by atoms with van der Waals surface area (Å²) in [4.78, 5) is 0.